The molecule has 6 nitrogen and oxygen atoms in total. The molecule has 2 amide bonds. The van der Waals surface area contributed by atoms with Crippen LogP contribution >= 0.6 is 22.9 Å². The fraction of sp³-hybridized carbons (Fsp3) is 0.316. The summed E-state index contributed by atoms with van der Waals surface area (Å²) in [6, 6.07) is 8.55. The number of nitrogens with one attached hydrogen (secondary N) is 1. The third-order valence-corrected chi connectivity index (χ3v) is 5.55. The molecule has 1 atom stereocenters. The van der Waals surface area contributed by atoms with Crippen LogP contribution in [0.5, 0.6) is 0 Å². The van der Waals surface area contributed by atoms with E-state index in [1.807, 2.05) is 18.4 Å². The number of urea groups is 1. The number of esters is 1. The summed E-state index contributed by atoms with van der Waals surface area (Å²) in [5.74, 6) is -0.415. The van der Waals surface area contributed by atoms with Crippen molar-refractivity contribution in [2.24, 2.45) is 10.5 Å². The van der Waals surface area contributed by atoms with Gasteiger partial charge in [-0.1, -0.05) is 23.7 Å². The lowest BCUT2D eigenvalue weighted by Crippen LogP contribution is -2.42. The molecule has 3 rings (SSSR count). The number of hydrogen-bond donors (Lipinski definition) is 1. The van der Waals surface area contributed by atoms with Crippen LogP contribution in [0.2, 0.25) is 5.02 Å². The van der Waals surface area contributed by atoms with E-state index in [9.17, 15) is 9.59 Å². The normalized spacial score (nSPS) is 19.0. The molecule has 142 valence electrons. The predicted octanol–water partition coefficient (Wildman–Crippen LogP) is 4.53. The number of benzene rings is 1. The molecule has 0 bridgehead atoms. The van der Waals surface area contributed by atoms with E-state index in [2.05, 4.69) is 10.4 Å². The number of carbonyl (C=O) groups excluding carboxylic acids is 2. The fourth-order valence-electron chi connectivity index (χ4n) is 2.86. The second-order valence-electron chi connectivity index (χ2n) is 6.43. The topological polar surface area (TPSA) is 71.0 Å². The summed E-state index contributed by atoms with van der Waals surface area (Å²) in [5, 5.41) is 11.8. The molecule has 27 heavy (non-hydrogen) atoms. The monoisotopic (exact) mass is 405 g/mol. The lowest BCUT2D eigenvalue weighted by atomic mass is 9.82. The molecule has 0 aliphatic carbocycles. The van der Waals surface area contributed by atoms with Crippen molar-refractivity contribution in [1.82, 2.24) is 5.01 Å². The Morgan fingerprint density at radius 1 is 1.33 bits per heavy atom. The van der Waals surface area contributed by atoms with Crippen molar-refractivity contribution in [1.29, 1.82) is 0 Å². The Morgan fingerprint density at radius 2 is 2.04 bits per heavy atom. The minimum Gasteiger partial charge on any atom is -0.465 e. The fourth-order valence-corrected chi connectivity index (χ4v) is 3.79. The van der Waals surface area contributed by atoms with Crippen LogP contribution in [0.4, 0.5) is 9.80 Å². The number of aryl methyl sites for hydroxylation is 1. The first kappa shape index (κ1) is 19.4. The Hall–Kier alpha value is -2.38. The number of hydrogen-bond acceptors (Lipinski definition) is 5. The molecule has 0 radical (unpaired) electrons. The van der Waals surface area contributed by atoms with Crippen molar-refractivity contribution >= 4 is 45.7 Å². The number of ether oxygens (including phenoxy) is 1. The first-order valence-corrected chi connectivity index (χ1v) is 9.75. The molecule has 0 spiro atoms. The van der Waals surface area contributed by atoms with Crippen LogP contribution in [-0.2, 0) is 9.53 Å². The molecule has 1 aliphatic heterocycles. The van der Waals surface area contributed by atoms with Crippen molar-refractivity contribution in [2.75, 3.05) is 18.5 Å². The minimum absolute atomic E-state index is 0.0973. The third kappa shape index (κ3) is 3.84. The summed E-state index contributed by atoms with van der Waals surface area (Å²) in [5.41, 5.74) is 1.11. The zero-order valence-electron chi connectivity index (χ0n) is 15.3. The Labute approximate surface area is 166 Å². The summed E-state index contributed by atoms with van der Waals surface area (Å²) >= 11 is 7.41. The minimum atomic E-state index is -1.06. The van der Waals surface area contributed by atoms with Gasteiger partial charge in [-0.2, -0.15) is 5.10 Å². The maximum Gasteiger partial charge on any atom is 0.342 e. The molecule has 0 saturated heterocycles. The lowest BCUT2D eigenvalue weighted by molar-refractivity contribution is -0.150. The summed E-state index contributed by atoms with van der Waals surface area (Å²) in [4.78, 5) is 25.4. The molecule has 0 saturated carbocycles. The number of anilines is 1. The molecule has 2 heterocycles. The van der Waals surface area contributed by atoms with Crippen molar-refractivity contribution < 1.29 is 14.3 Å². The summed E-state index contributed by atoms with van der Waals surface area (Å²) in [6.45, 7) is 5.76. The van der Waals surface area contributed by atoms with E-state index in [0.29, 0.717) is 10.7 Å². The van der Waals surface area contributed by atoms with E-state index in [1.54, 1.807) is 38.1 Å². The highest BCUT2D eigenvalue weighted by Gasteiger charge is 2.48. The number of hydrazone groups is 1. The molecule has 0 fully saturated rings. The predicted molar refractivity (Wildman–Crippen MR) is 108 cm³/mol. The van der Waals surface area contributed by atoms with Gasteiger partial charge in [0.1, 0.15) is 5.41 Å². The van der Waals surface area contributed by atoms with Gasteiger partial charge in [0.05, 0.1) is 23.9 Å². The maximum absolute atomic E-state index is 12.7. The Balaban J connectivity index is 1.93. The molecule has 1 unspecified atom stereocenters. The molecule has 1 aromatic heterocycles. The lowest BCUT2D eigenvalue weighted by Gasteiger charge is -2.24. The molecular weight excluding hydrogens is 386 g/mol. The second kappa shape index (κ2) is 7.70. The van der Waals surface area contributed by atoms with Crippen molar-refractivity contribution in [3.63, 3.8) is 0 Å². The summed E-state index contributed by atoms with van der Waals surface area (Å²) in [7, 11) is 0. The molecule has 2 aromatic rings. The number of halogens is 1. The van der Waals surface area contributed by atoms with Crippen LogP contribution in [0.1, 0.15) is 25.0 Å². The highest BCUT2D eigenvalue weighted by atomic mass is 35.5. The van der Waals surface area contributed by atoms with Crippen LogP contribution in [0.25, 0.3) is 0 Å². The number of rotatable bonds is 4. The SMILES string of the molecule is CCOC(=O)C1(C)CN(C(=O)Nc2sccc2C)N=C1c1ccc(Cl)cc1. The van der Waals surface area contributed by atoms with Gasteiger partial charge in [-0.25, -0.2) is 9.80 Å². The number of nitrogens with zero attached hydrogens (tertiary/aromatic N) is 2. The van der Waals surface area contributed by atoms with Crippen molar-refractivity contribution in [2.45, 2.75) is 20.8 Å². The van der Waals surface area contributed by atoms with E-state index in [4.69, 9.17) is 16.3 Å². The maximum atomic E-state index is 12.7. The van der Waals surface area contributed by atoms with Gasteiger partial charge in [0.2, 0.25) is 0 Å². The van der Waals surface area contributed by atoms with Gasteiger partial charge in [0, 0.05) is 5.02 Å². The second-order valence-corrected chi connectivity index (χ2v) is 7.78. The largest absolute Gasteiger partial charge is 0.465 e. The standard InChI is InChI=1S/C19H20ClN3O3S/c1-4-26-17(24)19(3)11-23(18(25)21-16-12(2)9-10-27-16)22-15(19)13-5-7-14(20)8-6-13/h5-10H,4,11H2,1-3H3,(H,21,25). The summed E-state index contributed by atoms with van der Waals surface area (Å²) in [6.07, 6.45) is 0. The van der Waals surface area contributed by atoms with Gasteiger partial charge in [-0.05, 0) is 55.5 Å². The van der Waals surface area contributed by atoms with Crippen LogP contribution < -0.4 is 5.32 Å². The van der Waals surface area contributed by atoms with Crippen LogP contribution in [0, 0.1) is 12.3 Å². The molecule has 1 aliphatic rings. The van der Waals surface area contributed by atoms with E-state index in [-0.39, 0.29) is 19.2 Å². The van der Waals surface area contributed by atoms with Crippen LogP contribution in [0.3, 0.4) is 0 Å². The van der Waals surface area contributed by atoms with Gasteiger partial charge in [-0.15, -0.1) is 11.3 Å². The number of amides is 2. The van der Waals surface area contributed by atoms with Gasteiger partial charge in [-0.3, -0.25) is 10.1 Å². The summed E-state index contributed by atoms with van der Waals surface area (Å²) < 4.78 is 5.26. The molecule has 8 heteroatoms. The van der Waals surface area contributed by atoms with Crippen molar-refractivity contribution in [3.05, 3.63) is 51.9 Å². The molecule has 1 aromatic carbocycles. The quantitative estimate of drug-likeness (QED) is 0.759. The third-order valence-electron chi connectivity index (χ3n) is 4.37. The van der Waals surface area contributed by atoms with Gasteiger partial charge < -0.3 is 4.74 Å². The highest BCUT2D eigenvalue weighted by Crippen LogP contribution is 2.34. The highest BCUT2D eigenvalue weighted by molar-refractivity contribution is 7.14. The smallest absolute Gasteiger partial charge is 0.342 e. The van der Waals surface area contributed by atoms with Crippen LogP contribution in [-0.4, -0.2) is 35.9 Å². The Kier molecular flexibility index (Phi) is 5.53. The zero-order valence-corrected chi connectivity index (χ0v) is 16.9. The molecular formula is C19H20ClN3O3S. The van der Waals surface area contributed by atoms with Crippen LogP contribution in [0.15, 0.2) is 40.8 Å². The Morgan fingerprint density at radius 3 is 2.63 bits per heavy atom. The molecule has 1 N–H and O–H groups in total. The van der Waals surface area contributed by atoms with E-state index >= 15 is 0 Å². The van der Waals surface area contributed by atoms with E-state index < -0.39 is 11.4 Å². The number of carbonyl (C=O) groups is 2. The average molecular weight is 406 g/mol. The number of thiophene rings is 1. The van der Waals surface area contributed by atoms with Gasteiger partial charge >= 0.3 is 12.0 Å². The first-order chi connectivity index (χ1) is 12.8. The van der Waals surface area contributed by atoms with E-state index in [1.165, 1.54) is 16.3 Å². The Bertz CT molecular complexity index is 894. The zero-order chi connectivity index (χ0) is 19.6. The van der Waals surface area contributed by atoms with E-state index in [0.717, 1.165) is 16.1 Å². The van der Waals surface area contributed by atoms with Gasteiger partial charge in [0.25, 0.3) is 0 Å². The average Bonchev–Trinajstić information content (AvgIpc) is 3.20. The van der Waals surface area contributed by atoms with Crippen molar-refractivity contribution in [3.8, 4) is 0 Å². The first-order valence-electron chi connectivity index (χ1n) is 8.50. The van der Waals surface area contributed by atoms with Gasteiger partial charge in [0.15, 0.2) is 0 Å².